The van der Waals surface area contributed by atoms with Crippen LogP contribution in [0.15, 0.2) is 206 Å². The van der Waals surface area contributed by atoms with Crippen molar-refractivity contribution in [2.24, 2.45) is 0 Å². The van der Waals surface area contributed by atoms with Crippen LogP contribution in [-0.2, 0) is 6.37 Å². The average molecular weight is 770 g/mol. The molecule has 4 aromatic heterocycles. The number of H-pyrrole nitrogens is 1. The third kappa shape index (κ3) is 5.55. The number of nitrogens with one attached hydrogen (secondary N) is 1. The Morgan fingerprint density at radius 3 is 2.08 bits per heavy atom. The van der Waals surface area contributed by atoms with Gasteiger partial charge in [-0.3, -0.25) is 9.13 Å². The Morgan fingerprint density at radius 2 is 1.22 bits per heavy atom. The van der Waals surface area contributed by atoms with Gasteiger partial charge in [0.2, 0.25) is 0 Å². The van der Waals surface area contributed by atoms with E-state index in [1.54, 1.807) is 0 Å². The summed E-state index contributed by atoms with van der Waals surface area (Å²) in [6.45, 7) is 0. The molecule has 0 aliphatic heterocycles. The third-order valence-corrected chi connectivity index (χ3v) is 11.7. The van der Waals surface area contributed by atoms with Crippen LogP contribution in [0.3, 0.4) is 0 Å². The fraction of sp³-hybridized carbons (Fsp3) is 0.0182. The molecule has 0 fully saturated rings. The molecular formula is C55H37N5. The smallest absolute Gasteiger partial charge is 0.147 e. The van der Waals surface area contributed by atoms with E-state index in [1.165, 1.54) is 5.39 Å². The summed E-state index contributed by atoms with van der Waals surface area (Å²) in [6, 6.07) is 68.3. The van der Waals surface area contributed by atoms with E-state index in [-0.39, 0.29) is 0 Å². The van der Waals surface area contributed by atoms with E-state index in [2.05, 4.69) is 148 Å². The minimum absolute atomic E-state index is 0.596. The Balaban J connectivity index is 1.10. The van der Waals surface area contributed by atoms with Gasteiger partial charge in [0.1, 0.15) is 11.6 Å². The van der Waals surface area contributed by atoms with E-state index in [0.717, 1.165) is 94.4 Å². The first-order valence-corrected chi connectivity index (χ1v) is 20.2. The highest BCUT2D eigenvalue weighted by Gasteiger charge is 2.22. The highest BCUT2D eigenvalue weighted by atomic mass is 15.1. The lowest BCUT2D eigenvalue weighted by atomic mass is 10.0. The number of benzene rings is 8. The Kier molecular flexibility index (Phi) is 7.37. The number of pyridine rings is 1. The predicted molar refractivity (Wildman–Crippen MR) is 248 cm³/mol. The van der Waals surface area contributed by atoms with Gasteiger partial charge in [-0.25, -0.2) is 9.97 Å². The van der Waals surface area contributed by atoms with Crippen LogP contribution in [0.1, 0.15) is 13.9 Å². The highest BCUT2D eigenvalue weighted by Crippen LogP contribution is 2.41. The molecule has 0 aliphatic rings. The average Bonchev–Trinajstić information content (AvgIpc) is 4.02. The molecule has 0 saturated heterocycles. The van der Waals surface area contributed by atoms with Crippen molar-refractivity contribution in [3.05, 3.63) is 218 Å². The van der Waals surface area contributed by atoms with Crippen molar-refractivity contribution in [1.82, 2.24) is 24.1 Å². The number of nitrogens with zero attached hydrogens (tertiary/aromatic N) is 4. The maximum Gasteiger partial charge on any atom is 0.147 e. The number of imidazole rings is 1. The van der Waals surface area contributed by atoms with Crippen molar-refractivity contribution in [3.8, 4) is 45.1 Å². The lowest BCUT2D eigenvalue weighted by molar-refractivity contribution is 1.08. The molecule has 5 nitrogen and oxygen atoms in total. The van der Waals surface area contributed by atoms with Gasteiger partial charge in [-0.05, 0) is 94.9 Å². The summed E-state index contributed by atoms with van der Waals surface area (Å²) in [4.78, 5) is 14.2. The number of hydrogen-bond donors (Lipinski definition) is 1. The van der Waals surface area contributed by atoms with Gasteiger partial charge in [0.15, 0.2) is 0 Å². The molecule has 5 heteroatoms. The van der Waals surface area contributed by atoms with Crippen LogP contribution in [0, 0.1) is 0 Å². The molecule has 12 rings (SSSR count). The number of hydrogen-bond acceptors (Lipinski definition) is 2. The van der Waals surface area contributed by atoms with Crippen LogP contribution < -0.4 is 0 Å². The van der Waals surface area contributed by atoms with Crippen LogP contribution >= 0.6 is 0 Å². The van der Waals surface area contributed by atoms with Gasteiger partial charge < -0.3 is 4.98 Å². The number of rotatable bonds is 7. The van der Waals surface area contributed by atoms with Crippen LogP contribution in [0.2, 0.25) is 0 Å². The molecule has 0 radical (unpaired) electrons. The van der Waals surface area contributed by atoms with Crippen molar-refractivity contribution < 1.29 is 2.74 Å². The lowest BCUT2D eigenvalue weighted by Crippen LogP contribution is -1.98. The van der Waals surface area contributed by atoms with E-state index < -0.39 is 6.37 Å². The fourth-order valence-electron chi connectivity index (χ4n) is 8.96. The molecule has 8 aromatic carbocycles. The van der Waals surface area contributed by atoms with Gasteiger partial charge in [-0.15, -0.1) is 0 Å². The standard InChI is InChI=1S/C55H37N5/c1-4-14-36(15-5-1)32-37-26-29-49-47(33-37)44-28-27-40(34-51(44)60(49)52-35-39(30-31-56-52)38-16-6-2-7-17-38)42-21-13-25-50-54(42)58-55(59(50)41-18-8-3-9-19-41)46-23-12-22-45-43-20-10-11-24-48(43)57-53(45)46/h1-31,33-35,57H,32H2/i32D2. The fourth-order valence-corrected chi connectivity index (χ4v) is 8.96. The first-order chi connectivity index (χ1) is 30.5. The zero-order valence-electron chi connectivity index (χ0n) is 34.4. The van der Waals surface area contributed by atoms with Crippen LogP contribution in [0.4, 0.5) is 0 Å². The van der Waals surface area contributed by atoms with E-state index in [4.69, 9.17) is 9.97 Å². The van der Waals surface area contributed by atoms with Gasteiger partial charge in [0.25, 0.3) is 0 Å². The maximum atomic E-state index is 9.26. The zero-order chi connectivity index (χ0) is 41.4. The molecular weight excluding hydrogens is 731 g/mol. The molecule has 282 valence electrons. The van der Waals surface area contributed by atoms with Crippen molar-refractivity contribution in [3.63, 3.8) is 0 Å². The maximum absolute atomic E-state index is 9.26. The molecule has 0 amide bonds. The molecule has 12 aromatic rings. The van der Waals surface area contributed by atoms with Crippen LogP contribution in [0.25, 0.3) is 99.8 Å². The minimum atomic E-state index is -1.70. The van der Waals surface area contributed by atoms with Gasteiger partial charge in [-0.1, -0.05) is 140 Å². The number of para-hydroxylation sites is 4. The first kappa shape index (κ1) is 32.0. The summed E-state index contributed by atoms with van der Waals surface area (Å²) in [5.41, 5.74) is 13.4. The first-order valence-electron chi connectivity index (χ1n) is 21.2. The summed E-state index contributed by atoms with van der Waals surface area (Å²) >= 11 is 0. The van der Waals surface area contributed by atoms with Crippen molar-refractivity contribution >= 4 is 54.6 Å². The highest BCUT2D eigenvalue weighted by molar-refractivity contribution is 6.13. The zero-order valence-corrected chi connectivity index (χ0v) is 32.4. The predicted octanol–water partition coefficient (Wildman–Crippen LogP) is 13.7. The second-order valence-electron chi connectivity index (χ2n) is 15.2. The summed E-state index contributed by atoms with van der Waals surface area (Å²) in [6.07, 6.45) is 0.172. The number of aromatic amines is 1. The van der Waals surface area contributed by atoms with E-state index in [1.807, 2.05) is 72.9 Å². The minimum Gasteiger partial charge on any atom is -0.354 e. The van der Waals surface area contributed by atoms with Gasteiger partial charge in [-0.2, -0.15) is 0 Å². The largest absolute Gasteiger partial charge is 0.354 e. The molecule has 0 bridgehead atoms. The van der Waals surface area contributed by atoms with Crippen molar-refractivity contribution in [2.45, 2.75) is 6.37 Å². The summed E-state index contributed by atoms with van der Waals surface area (Å²) < 4.78 is 23.0. The third-order valence-electron chi connectivity index (χ3n) is 11.7. The van der Waals surface area contributed by atoms with Crippen LogP contribution in [-0.4, -0.2) is 24.1 Å². The topological polar surface area (TPSA) is 51.4 Å². The Hall–Kier alpha value is -8.02. The summed E-state index contributed by atoms with van der Waals surface area (Å²) in [7, 11) is 0. The number of fused-ring (bicyclic) bond motifs is 7. The molecule has 1 N–H and O–H groups in total. The molecule has 0 saturated carbocycles. The quantitative estimate of drug-likeness (QED) is 0.175. The monoisotopic (exact) mass is 769 g/mol. The second-order valence-corrected chi connectivity index (χ2v) is 15.2. The summed E-state index contributed by atoms with van der Waals surface area (Å²) in [5.74, 6) is 1.63. The second kappa shape index (κ2) is 13.8. The molecule has 60 heavy (non-hydrogen) atoms. The van der Waals surface area contributed by atoms with Crippen molar-refractivity contribution in [2.75, 3.05) is 0 Å². The SMILES string of the molecule is [2H]C([2H])(c1ccccc1)c1ccc2c(c1)c1ccc(-c3cccc4c3nc(-c3cccc5c3[nH]c3ccccc35)n4-c3ccccc3)cc1n2-c1cc(-c2ccccc2)ccn1. The summed E-state index contributed by atoms with van der Waals surface area (Å²) in [5, 5.41) is 4.31. The Labute approximate surface area is 349 Å². The Morgan fingerprint density at radius 1 is 0.467 bits per heavy atom. The lowest BCUT2D eigenvalue weighted by Gasteiger charge is -2.11. The van der Waals surface area contributed by atoms with Gasteiger partial charge in [0, 0.05) is 52.8 Å². The molecule has 0 spiro atoms. The molecule has 4 heterocycles. The molecule has 0 unspecified atom stereocenters. The van der Waals surface area contributed by atoms with Gasteiger partial charge in [0.05, 0.1) is 27.6 Å². The normalized spacial score (nSPS) is 12.5. The van der Waals surface area contributed by atoms with E-state index in [0.29, 0.717) is 11.1 Å². The Bertz CT molecular complexity index is 3660. The van der Waals surface area contributed by atoms with Crippen molar-refractivity contribution in [1.29, 1.82) is 0 Å². The molecule has 0 aliphatic carbocycles. The van der Waals surface area contributed by atoms with E-state index in [9.17, 15) is 2.74 Å². The van der Waals surface area contributed by atoms with Crippen LogP contribution in [0.5, 0.6) is 0 Å². The van der Waals surface area contributed by atoms with E-state index >= 15 is 0 Å². The number of aromatic nitrogens is 5. The molecule has 0 atom stereocenters. The van der Waals surface area contributed by atoms with Gasteiger partial charge >= 0.3 is 0 Å².